The first-order valence-electron chi connectivity index (χ1n) is 10.4. The van der Waals surface area contributed by atoms with Gasteiger partial charge in [0.2, 0.25) is 21.8 Å². The van der Waals surface area contributed by atoms with Crippen LogP contribution in [0, 0.1) is 3.57 Å². The molecule has 0 radical (unpaired) electrons. The molecule has 1 aliphatic rings. The van der Waals surface area contributed by atoms with Gasteiger partial charge in [-0.2, -0.15) is 4.31 Å². The maximum Gasteiger partial charge on any atom is 0.243 e. The number of halogens is 1. The number of nitrogens with zero attached hydrogens (tertiary/aromatic N) is 3. The molecule has 0 aliphatic carbocycles. The highest BCUT2D eigenvalue weighted by Crippen LogP contribution is 2.23. The van der Waals surface area contributed by atoms with Crippen LogP contribution in [0.15, 0.2) is 53.4 Å². The van der Waals surface area contributed by atoms with E-state index in [4.69, 9.17) is 5.73 Å². The van der Waals surface area contributed by atoms with Crippen LogP contribution in [0.5, 0.6) is 0 Å². The predicted molar refractivity (Wildman–Crippen MR) is 135 cm³/mol. The molecular formula is C22H28IN5O4S. The third-order valence-electron chi connectivity index (χ3n) is 5.50. The van der Waals surface area contributed by atoms with Gasteiger partial charge in [-0.25, -0.2) is 8.42 Å². The van der Waals surface area contributed by atoms with Crippen LogP contribution in [0.4, 0.5) is 5.69 Å². The van der Waals surface area contributed by atoms with Gasteiger partial charge in [0.05, 0.1) is 11.4 Å². The van der Waals surface area contributed by atoms with Crippen LogP contribution in [-0.2, 0) is 26.2 Å². The number of sulfonamides is 1. The number of carbonyl (C=O) groups is 2. The fourth-order valence-corrected chi connectivity index (χ4v) is 5.51. The summed E-state index contributed by atoms with van der Waals surface area (Å²) in [5.41, 5.74) is 7.40. The van der Waals surface area contributed by atoms with Crippen molar-refractivity contribution in [1.82, 2.24) is 14.5 Å². The van der Waals surface area contributed by atoms with Crippen LogP contribution in [-0.4, -0.2) is 75.8 Å². The molecule has 2 amide bonds. The average molecular weight is 585 g/mol. The van der Waals surface area contributed by atoms with E-state index in [0.29, 0.717) is 0 Å². The Morgan fingerprint density at radius 3 is 2.30 bits per heavy atom. The second kappa shape index (κ2) is 10.8. The normalized spacial score (nSPS) is 17.0. The van der Waals surface area contributed by atoms with Gasteiger partial charge in [-0.05, 0) is 64.6 Å². The van der Waals surface area contributed by atoms with E-state index in [2.05, 4.69) is 27.9 Å². The van der Waals surface area contributed by atoms with Crippen LogP contribution >= 0.6 is 22.6 Å². The number of anilines is 1. The minimum absolute atomic E-state index is 0.00960. The third-order valence-corrected chi connectivity index (χ3v) is 8.14. The summed E-state index contributed by atoms with van der Waals surface area (Å²) in [6, 6.07) is 13.1. The van der Waals surface area contributed by atoms with Gasteiger partial charge in [0.15, 0.2) is 0 Å². The number of carbonyl (C=O) groups excluding carboxylic acids is 2. The summed E-state index contributed by atoms with van der Waals surface area (Å²) in [7, 11) is -0.0498. The van der Waals surface area contributed by atoms with Crippen molar-refractivity contribution in [2.45, 2.75) is 17.5 Å². The Bertz CT molecular complexity index is 1090. The molecular weight excluding hydrogens is 557 g/mol. The van der Waals surface area contributed by atoms with Crippen molar-refractivity contribution < 1.29 is 18.0 Å². The summed E-state index contributed by atoms with van der Waals surface area (Å²) in [5.74, 6) is -0.784. The largest absolute Gasteiger partial charge is 0.378 e. The van der Waals surface area contributed by atoms with Crippen LogP contribution < -0.4 is 16.0 Å². The van der Waals surface area contributed by atoms with Crippen LogP contribution in [0.3, 0.4) is 0 Å². The summed E-state index contributed by atoms with van der Waals surface area (Å²) >= 11 is 2.10. The molecule has 1 fully saturated rings. The molecule has 11 heteroatoms. The van der Waals surface area contributed by atoms with Gasteiger partial charge in [-0.1, -0.05) is 12.1 Å². The van der Waals surface area contributed by atoms with E-state index in [1.807, 2.05) is 43.3 Å². The van der Waals surface area contributed by atoms with Gasteiger partial charge in [0.25, 0.3) is 0 Å². The smallest absolute Gasteiger partial charge is 0.243 e. The summed E-state index contributed by atoms with van der Waals surface area (Å²) in [5, 5.41) is 2.83. The Hall–Kier alpha value is -2.22. The molecule has 3 rings (SSSR count). The number of nitrogens with one attached hydrogen (secondary N) is 1. The number of hydrogen-bond acceptors (Lipinski definition) is 6. The predicted octanol–water partition coefficient (Wildman–Crippen LogP) is 0.834. The quantitative estimate of drug-likeness (QED) is 0.466. The van der Waals surface area contributed by atoms with Gasteiger partial charge >= 0.3 is 0 Å². The topological polar surface area (TPSA) is 116 Å². The molecule has 33 heavy (non-hydrogen) atoms. The number of rotatable bonds is 7. The van der Waals surface area contributed by atoms with E-state index in [-0.39, 0.29) is 43.5 Å². The lowest BCUT2D eigenvalue weighted by molar-refractivity contribution is -0.135. The van der Waals surface area contributed by atoms with Crippen molar-refractivity contribution in [2.75, 3.05) is 45.2 Å². The molecule has 178 valence electrons. The Morgan fingerprint density at radius 1 is 1.09 bits per heavy atom. The summed E-state index contributed by atoms with van der Waals surface area (Å²) in [6.45, 7) is 0.178. The molecule has 1 unspecified atom stereocenters. The van der Waals surface area contributed by atoms with E-state index < -0.39 is 22.0 Å². The molecule has 0 spiro atoms. The SMILES string of the molecule is CN(C)c1ccc(CNC(=O)C2CN(C(=O)CN)CCN2S(=O)(=O)c2ccc(I)cc2)cc1. The number of benzene rings is 2. The van der Waals surface area contributed by atoms with Crippen molar-refractivity contribution >= 4 is 50.1 Å². The molecule has 0 aromatic heterocycles. The second-order valence-corrected chi connectivity index (χ2v) is 11.0. The Morgan fingerprint density at radius 2 is 1.73 bits per heavy atom. The lowest BCUT2D eigenvalue weighted by atomic mass is 10.1. The van der Waals surface area contributed by atoms with Gasteiger partial charge < -0.3 is 20.9 Å². The van der Waals surface area contributed by atoms with Gasteiger partial charge in [-0.15, -0.1) is 0 Å². The molecule has 1 saturated heterocycles. The Balaban J connectivity index is 1.81. The molecule has 2 aromatic rings. The lowest BCUT2D eigenvalue weighted by Gasteiger charge is -2.39. The molecule has 9 nitrogen and oxygen atoms in total. The zero-order chi connectivity index (χ0) is 24.2. The second-order valence-electron chi connectivity index (χ2n) is 7.91. The molecule has 1 atom stereocenters. The maximum atomic E-state index is 13.3. The first-order valence-corrected chi connectivity index (χ1v) is 12.9. The molecule has 1 heterocycles. The van der Waals surface area contributed by atoms with Crippen molar-refractivity contribution in [1.29, 1.82) is 0 Å². The highest BCUT2D eigenvalue weighted by Gasteiger charge is 2.41. The van der Waals surface area contributed by atoms with Crippen molar-refractivity contribution in [3.05, 3.63) is 57.7 Å². The fourth-order valence-electron chi connectivity index (χ4n) is 3.58. The summed E-state index contributed by atoms with van der Waals surface area (Å²) < 4.78 is 28.8. The Kier molecular flexibility index (Phi) is 8.32. The standard InChI is InChI=1S/C22H28IN5O4S/c1-26(2)18-7-3-16(4-8-18)14-25-22(30)20-15-27(21(29)13-24)11-12-28(20)33(31,32)19-9-5-17(23)6-10-19/h3-10,20H,11-15,24H2,1-2H3,(H,25,30). The number of amides is 2. The van der Waals surface area contributed by atoms with E-state index in [1.54, 1.807) is 12.1 Å². The number of hydrogen-bond donors (Lipinski definition) is 2. The van der Waals surface area contributed by atoms with Crippen LogP contribution in [0.25, 0.3) is 0 Å². The number of nitrogens with two attached hydrogens (primary N) is 1. The third kappa shape index (κ3) is 6.02. The molecule has 1 aliphatic heterocycles. The van der Waals surface area contributed by atoms with E-state index in [0.717, 1.165) is 14.8 Å². The highest BCUT2D eigenvalue weighted by molar-refractivity contribution is 14.1. The van der Waals surface area contributed by atoms with Gasteiger partial charge in [0, 0.05) is 49.5 Å². The Labute approximate surface area is 208 Å². The monoisotopic (exact) mass is 585 g/mol. The molecule has 2 aromatic carbocycles. The van der Waals surface area contributed by atoms with E-state index >= 15 is 0 Å². The van der Waals surface area contributed by atoms with Crippen molar-refractivity contribution in [3.8, 4) is 0 Å². The van der Waals surface area contributed by atoms with E-state index in [9.17, 15) is 18.0 Å². The summed E-state index contributed by atoms with van der Waals surface area (Å²) in [6.07, 6.45) is 0. The zero-order valence-electron chi connectivity index (χ0n) is 18.6. The lowest BCUT2D eigenvalue weighted by Crippen LogP contribution is -2.61. The van der Waals surface area contributed by atoms with Gasteiger partial charge in [-0.3, -0.25) is 9.59 Å². The highest BCUT2D eigenvalue weighted by atomic mass is 127. The summed E-state index contributed by atoms with van der Waals surface area (Å²) in [4.78, 5) is 28.8. The van der Waals surface area contributed by atoms with Crippen molar-refractivity contribution in [2.24, 2.45) is 5.73 Å². The van der Waals surface area contributed by atoms with Crippen LogP contribution in [0.2, 0.25) is 0 Å². The fraction of sp³-hybridized carbons (Fsp3) is 0.364. The van der Waals surface area contributed by atoms with Crippen molar-refractivity contribution in [3.63, 3.8) is 0 Å². The van der Waals surface area contributed by atoms with E-state index in [1.165, 1.54) is 21.3 Å². The molecule has 0 bridgehead atoms. The average Bonchev–Trinajstić information content (AvgIpc) is 2.82. The molecule has 3 N–H and O–H groups in total. The minimum atomic E-state index is -3.93. The maximum absolute atomic E-state index is 13.3. The first-order chi connectivity index (χ1) is 15.6. The number of piperazine rings is 1. The molecule has 0 saturated carbocycles. The van der Waals surface area contributed by atoms with Crippen LogP contribution in [0.1, 0.15) is 5.56 Å². The zero-order valence-corrected chi connectivity index (χ0v) is 21.5. The van der Waals surface area contributed by atoms with Gasteiger partial charge in [0.1, 0.15) is 6.04 Å². The minimum Gasteiger partial charge on any atom is -0.378 e. The first kappa shape index (κ1) is 25.4.